The first kappa shape index (κ1) is 18.0. The van der Waals surface area contributed by atoms with Gasteiger partial charge in [-0.05, 0) is 49.6 Å². The van der Waals surface area contributed by atoms with Crippen molar-refractivity contribution in [3.05, 3.63) is 48.5 Å². The van der Waals surface area contributed by atoms with E-state index in [0.717, 1.165) is 24.9 Å². The molecule has 1 aromatic heterocycles. The van der Waals surface area contributed by atoms with Crippen LogP contribution in [0.5, 0.6) is 0 Å². The van der Waals surface area contributed by atoms with Crippen LogP contribution in [-0.4, -0.2) is 59.0 Å². The summed E-state index contributed by atoms with van der Waals surface area (Å²) >= 11 is 0. The zero-order chi connectivity index (χ0) is 18.9. The summed E-state index contributed by atoms with van der Waals surface area (Å²) in [4.78, 5) is 16.5. The molecule has 1 amide bonds. The third-order valence-corrected chi connectivity index (χ3v) is 5.85. The highest BCUT2D eigenvalue weighted by Gasteiger charge is 2.44. The molecule has 3 heterocycles. The number of piperidine rings is 1. The van der Waals surface area contributed by atoms with Crippen molar-refractivity contribution in [3.63, 3.8) is 0 Å². The number of hydrogen-bond donors (Lipinski definition) is 0. The van der Waals surface area contributed by atoms with Crippen LogP contribution in [0.1, 0.15) is 19.3 Å². The van der Waals surface area contributed by atoms with Crippen molar-refractivity contribution in [2.45, 2.75) is 37.5 Å². The molecule has 1 spiro atoms. The number of ether oxygens (including phenoxy) is 1. The Bertz CT molecular complexity index is 770. The summed E-state index contributed by atoms with van der Waals surface area (Å²) in [6.45, 7) is 2.38. The molecule has 1 aromatic carbocycles. The molecule has 2 aliphatic rings. The maximum absolute atomic E-state index is 13.2. The van der Waals surface area contributed by atoms with Gasteiger partial charge in [0.2, 0.25) is 5.91 Å². The highest BCUT2D eigenvalue weighted by molar-refractivity contribution is 5.76. The van der Waals surface area contributed by atoms with Gasteiger partial charge in [0.15, 0.2) is 0 Å². The number of carbonyl (C=O) groups excluding carboxylic acids is 1. The number of likely N-dealkylation sites (tertiary alicyclic amines) is 1. The van der Waals surface area contributed by atoms with Gasteiger partial charge in [-0.1, -0.05) is 0 Å². The van der Waals surface area contributed by atoms with E-state index in [4.69, 9.17) is 4.74 Å². The minimum absolute atomic E-state index is 0.103. The van der Waals surface area contributed by atoms with Crippen LogP contribution in [0.3, 0.4) is 0 Å². The van der Waals surface area contributed by atoms with Crippen molar-refractivity contribution in [3.8, 4) is 0 Å². The summed E-state index contributed by atoms with van der Waals surface area (Å²) in [5.41, 5.74) is 0.843. The molecule has 27 heavy (non-hydrogen) atoms. The smallest absolute Gasteiger partial charge is 0.244 e. The number of halogens is 1. The molecule has 0 N–H and O–H groups in total. The molecule has 4 rings (SSSR count). The van der Waals surface area contributed by atoms with Crippen LogP contribution < -0.4 is 4.90 Å². The molecule has 144 valence electrons. The first-order valence-corrected chi connectivity index (χ1v) is 9.42. The molecule has 1 atom stereocenters. The van der Waals surface area contributed by atoms with Gasteiger partial charge in [0.1, 0.15) is 12.4 Å². The molecule has 0 saturated carbocycles. The number of nitrogens with zero attached hydrogens (tertiary/aromatic N) is 4. The van der Waals surface area contributed by atoms with Crippen molar-refractivity contribution in [2.24, 2.45) is 0 Å². The van der Waals surface area contributed by atoms with E-state index < -0.39 is 0 Å². The van der Waals surface area contributed by atoms with Gasteiger partial charge in [-0.15, -0.1) is 0 Å². The van der Waals surface area contributed by atoms with Crippen LogP contribution >= 0.6 is 0 Å². The number of benzene rings is 1. The van der Waals surface area contributed by atoms with Gasteiger partial charge in [-0.3, -0.25) is 9.48 Å². The highest BCUT2D eigenvalue weighted by atomic mass is 19.1. The maximum atomic E-state index is 13.2. The van der Waals surface area contributed by atoms with E-state index >= 15 is 0 Å². The number of carbonyl (C=O) groups is 1. The van der Waals surface area contributed by atoms with Gasteiger partial charge in [0, 0.05) is 38.2 Å². The molecular formula is C20H25FN4O2. The van der Waals surface area contributed by atoms with Crippen LogP contribution in [-0.2, 0) is 16.1 Å². The predicted molar refractivity (Wildman–Crippen MR) is 99.9 cm³/mol. The Morgan fingerprint density at radius 3 is 2.74 bits per heavy atom. The summed E-state index contributed by atoms with van der Waals surface area (Å²) in [6.07, 6.45) is 6.13. The van der Waals surface area contributed by atoms with E-state index in [2.05, 4.69) is 10.00 Å². The number of likely N-dealkylation sites (N-methyl/N-ethyl adjacent to an activating group) is 1. The van der Waals surface area contributed by atoms with E-state index in [1.807, 2.05) is 18.0 Å². The lowest BCUT2D eigenvalue weighted by molar-refractivity contribution is -0.136. The molecule has 2 aromatic rings. The summed E-state index contributed by atoms with van der Waals surface area (Å²) < 4.78 is 21.0. The highest BCUT2D eigenvalue weighted by Crippen LogP contribution is 2.38. The number of hydrogen-bond acceptors (Lipinski definition) is 4. The fourth-order valence-electron chi connectivity index (χ4n) is 4.10. The van der Waals surface area contributed by atoms with E-state index in [1.165, 1.54) is 12.1 Å². The summed E-state index contributed by atoms with van der Waals surface area (Å²) in [7, 11) is 2.03. The zero-order valence-corrected chi connectivity index (χ0v) is 15.6. The molecule has 2 saturated heterocycles. The minimum atomic E-state index is -0.224. The lowest BCUT2D eigenvalue weighted by Gasteiger charge is -2.39. The Morgan fingerprint density at radius 1 is 1.33 bits per heavy atom. The fraction of sp³-hybridized carbons (Fsp3) is 0.500. The van der Waals surface area contributed by atoms with Crippen molar-refractivity contribution in [2.75, 3.05) is 31.6 Å². The van der Waals surface area contributed by atoms with Crippen LogP contribution in [0.15, 0.2) is 42.7 Å². The largest absolute Gasteiger partial charge is 0.373 e. The lowest BCUT2D eigenvalue weighted by atomic mass is 9.87. The SMILES string of the molecule is CN(c1ccc(F)cc1)[C@@H]1COC2(CCN(C(=O)Cn3cccn3)CC2)C1. The lowest BCUT2D eigenvalue weighted by Crippen LogP contribution is -2.47. The third-order valence-electron chi connectivity index (χ3n) is 5.85. The minimum Gasteiger partial charge on any atom is -0.373 e. The molecule has 0 bridgehead atoms. The Hall–Kier alpha value is -2.41. The van der Waals surface area contributed by atoms with Gasteiger partial charge in [-0.2, -0.15) is 5.10 Å². The number of amides is 1. The number of anilines is 1. The van der Waals surface area contributed by atoms with Gasteiger partial charge in [0.05, 0.1) is 18.2 Å². The molecule has 0 unspecified atom stereocenters. The van der Waals surface area contributed by atoms with E-state index in [9.17, 15) is 9.18 Å². The summed E-state index contributed by atoms with van der Waals surface area (Å²) in [5, 5.41) is 4.10. The number of aromatic nitrogens is 2. The first-order chi connectivity index (χ1) is 13.0. The second-order valence-electron chi connectivity index (χ2n) is 7.52. The average molecular weight is 372 g/mol. The standard InChI is InChI=1S/C20H25FN4O2/c1-23(17-5-3-16(21)4-6-17)18-13-20(27-15-18)7-11-24(12-8-20)19(26)14-25-10-2-9-22-25/h2-6,9-10,18H,7-8,11-15H2,1H3/t18-/m0/s1. The van der Waals surface area contributed by atoms with E-state index in [1.54, 1.807) is 29.2 Å². The molecule has 2 aliphatic heterocycles. The molecular weight excluding hydrogens is 347 g/mol. The number of rotatable bonds is 4. The van der Waals surface area contributed by atoms with Crippen molar-refractivity contribution >= 4 is 11.6 Å². The predicted octanol–water partition coefficient (Wildman–Crippen LogP) is 2.31. The van der Waals surface area contributed by atoms with Crippen molar-refractivity contribution in [1.82, 2.24) is 14.7 Å². The monoisotopic (exact) mass is 372 g/mol. The first-order valence-electron chi connectivity index (χ1n) is 9.42. The Balaban J connectivity index is 1.32. The van der Waals surface area contributed by atoms with E-state index in [0.29, 0.717) is 19.7 Å². The van der Waals surface area contributed by atoms with Gasteiger partial charge in [0.25, 0.3) is 0 Å². The second-order valence-corrected chi connectivity index (χ2v) is 7.52. The van der Waals surface area contributed by atoms with Crippen molar-refractivity contribution < 1.29 is 13.9 Å². The topological polar surface area (TPSA) is 50.6 Å². The molecule has 7 heteroatoms. The Labute approximate surface area is 158 Å². The molecule has 0 radical (unpaired) electrons. The maximum Gasteiger partial charge on any atom is 0.244 e. The Morgan fingerprint density at radius 2 is 2.07 bits per heavy atom. The van der Waals surface area contributed by atoms with Crippen LogP contribution in [0.25, 0.3) is 0 Å². The normalized spacial score (nSPS) is 21.6. The Kier molecular flexibility index (Phi) is 4.86. The third kappa shape index (κ3) is 3.83. The van der Waals surface area contributed by atoms with Gasteiger partial charge < -0.3 is 14.5 Å². The molecule has 6 nitrogen and oxygen atoms in total. The quantitative estimate of drug-likeness (QED) is 0.827. The van der Waals surface area contributed by atoms with Crippen LogP contribution in [0.4, 0.5) is 10.1 Å². The van der Waals surface area contributed by atoms with Crippen molar-refractivity contribution in [1.29, 1.82) is 0 Å². The van der Waals surface area contributed by atoms with Gasteiger partial charge >= 0.3 is 0 Å². The average Bonchev–Trinajstić information content (AvgIpc) is 3.33. The van der Waals surface area contributed by atoms with Gasteiger partial charge in [-0.25, -0.2) is 4.39 Å². The molecule has 0 aliphatic carbocycles. The summed E-state index contributed by atoms with van der Waals surface area (Å²) in [5.74, 6) is -0.120. The van der Waals surface area contributed by atoms with Crippen LogP contribution in [0, 0.1) is 5.82 Å². The molecule has 2 fully saturated rings. The summed E-state index contributed by atoms with van der Waals surface area (Å²) in [6, 6.07) is 8.67. The zero-order valence-electron chi connectivity index (χ0n) is 15.6. The second kappa shape index (κ2) is 7.31. The fourth-order valence-corrected chi connectivity index (χ4v) is 4.10. The van der Waals surface area contributed by atoms with E-state index in [-0.39, 0.29) is 29.9 Å². The van der Waals surface area contributed by atoms with Crippen LogP contribution in [0.2, 0.25) is 0 Å².